The SMILES string of the molecule is OC(Cc1ccccc1Cl)C1(O)CCCCCC1. The van der Waals surface area contributed by atoms with Gasteiger partial charge in [-0.05, 0) is 24.5 Å². The minimum absolute atomic E-state index is 0.427. The summed E-state index contributed by atoms with van der Waals surface area (Å²) < 4.78 is 0. The lowest BCUT2D eigenvalue weighted by Crippen LogP contribution is -2.43. The van der Waals surface area contributed by atoms with Crippen LogP contribution in [-0.2, 0) is 6.42 Å². The second-order valence-corrected chi connectivity index (χ2v) is 5.74. The van der Waals surface area contributed by atoms with E-state index >= 15 is 0 Å². The maximum absolute atomic E-state index is 10.6. The van der Waals surface area contributed by atoms with Crippen LogP contribution in [0.2, 0.25) is 5.02 Å². The molecule has 3 heteroatoms. The summed E-state index contributed by atoms with van der Waals surface area (Å²) in [4.78, 5) is 0. The van der Waals surface area contributed by atoms with Crippen molar-refractivity contribution in [3.8, 4) is 0 Å². The molecule has 0 aromatic heterocycles. The maximum atomic E-state index is 10.6. The highest BCUT2D eigenvalue weighted by Crippen LogP contribution is 2.32. The fourth-order valence-electron chi connectivity index (χ4n) is 2.74. The highest BCUT2D eigenvalue weighted by atomic mass is 35.5. The molecule has 1 fully saturated rings. The number of aliphatic hydroxyl groups is 2. The molecule has 0 saturated heterocycles. The molecule has 1 aliphatic carbocycles. The van der Waals surface area contributed by atoms with Crippen LogP contribution in [0.1, 0.15) is 44.1 Å². The van der Waals surface area contributed by atoms with E-state index in [1.807, 2.05) is 24.3 Å². The van der Waals surface area contributed by atoms with Gasteiger partial charge in [0.05, 0.1) is 11.7 Å². The fourth-order valence-corrected chi connectivity index (χ4v) is 2.95. The molecule has 1 atom stereocenters. The zero-order chi connectivity index (χ0) is 13.0. The zero-order valence-corrected chi connectivity index (χ0v) is 11.4. The standard InChI is InChI=1S/C15H21ClO2/c16-13-8-4-3-7-12(13)11-14(17)15(18)9-5-1-2-6-10-15/h3-4,7-8,14,17-18H,1-2,5-6,9-11H2. The first-order valence-corrected chi connectivity index (χ1v) is 7.13. The van der Waals surface area contributed by atoms with Crippen LogP contribution in [0.25, 0.3) is 0 Å². The Morgan fingerprint density at radius 3 is 2.33 bits per heavy atom. The van der Waals surface area contributed by atoms with Crippen molar-refractivity contribution in [1.29, 1.82) is 0 Å². The summed E-state index contributed by atoms with van der Waals surface area (Å²) in [6, 6.07) is 7.51. The quantitative estimate of drug-likeness (QED) is 0.826. The van der Waals surface area contributed by atoms with Gasteiger partial charge in [0.25, 0.3) is 0 Å². The van der Waals surface area contributed by atoms with Gasteiger partial charge in [-0.25, -0.2) is 0 Å². The van der Waals surface area contributed by atoms with E-state index in [9.17, 15) is 10.2 Å². The minimum Gasteiger partial charge on any atom is -0.390 e. The van der Waals surface area contributed by atoms with Crippen molar-refractivity contribution in [2.45, 2.75) is 56.7 Å². The lowest BCUT2D eigenvalue weighted by molar-refractivity contribution is -0.0836. The summed E-state index contributed by atoms with van der Waals surface area (Å²) in [5.41, 5.74) is -0.0281. The molecule has 1 aliphatic rings. The zero-order valence-electron chi connectivity index (χ0n) is 10.6. The molecule has 2 nitrogen and oxygen atoms in total. The summed E-state index contributed by atoms with van der Waals surface area (Å²) in [5.74, 6) is 0. The molecule has 1 aromatic carbocycles. The first-order chi connectivity index (χ1) is 8.62. The van der Waals surface area contributed by atoms with E-state index in [1.54, 1.807) is 0 Å². The van der Waals surface area contributed by atoms with Crippen molar-refractivity contribution < 1.29 is 10.2 Å². The van der Waals surface area contributed by atoms with Crippen LogP contribution in [-0.4, -0.2) is 21.9 Å². The molecule has 0 heterocycles. The molecule has 0 radical (unpaired) electrons. The first kappa shape index (κ1) is 13.9. The van der Waals surface area contributed by atoms with Crippen molar-refractivity contribution >= 4 is 11.6 Å². The maximum Gasteiger partial charge on any atom is 0.0908 e. The van der Waals surface area contributed by atoms with E-state index in [0.717, 1.165) is 31.2 Å². The number of aliphatic hydroxyl groups excluding tert-OH is 1. The van der Waals surface area contributed by atoms with Crippen LogP contribution < -0.4 is 0 Å². The van der Waals surface area contributed by atoms with Gasteiger partial charge in [0.15, 0.2) is 0 Å². The van der Waals surface area contributed by atoms with Crippen molar-refractivity contribution in [2.75, 3.05) is 0 Å². The van der Waals surface area contributed by atoms with Gasteiger partial charge in [-0.1, -0.05) is 55.5 Å². The predicted octanol–water partition coefficient (Wildman–Crippen LogP) is 3.33. The van der Waals surface area contributed by atoms with E-state index in [0.29, 0.717) is 24.3 Å². The molecule has 0 bridgehead atoms. The topological polar surface area (TPSA) is 40.5 Å². The fraction of sp³-hybridized carbons (Fsp3) is 0.600. The Bertz CT molecular complexity index is 384. The second-order valence-electron chi connectivity index (χ2n) is 5.33. The third-order valence-corrected chi connectivity index (χ3v) is 4.33. The van der Waals surface area contributed by atoms with Crippen LogP contribution in [0.3, 0.4) is 0 Å². The molecule has 2 rings (SSSR count). The molecule has 2 N–H and O–H groups in total. The van der Waals surface area contributed by atoms with Crippen LogP contribution in [0.15, 0.2) is 24.3 Å². The lowest BCUT2D eigenvalue weighted by atomic mass is 9.85. The third-order valence-electron chi connectivity index (χ3n) is 3.96. The van der Waals surface area contributed by atoms with Crippen LogP contribution >= 0.6 is 11.6 Å². The van der Waals surface area contributed by atoms with E-state index < -0.39 is 11.7 Å². The summed E-state index contributed by atoms with van der Waals surface area (Å²) in [6.07, 6.45) is 5.39. The molecule has 100 valence electrons. The monoisotopic (exact) mass is 268 g/mol. The van der Waals surface area contributed by atoms with Gasteiger partial charge in [-0.3, -0.25) is 0 Å². The Kier molecular flexibility index (Phi) is 4.66. The number of hydrogen-bond acceptors (Lipinski definition) is 2. The summed E-state index contributed by atoms with van der Waals surface area (Å²) >= 11 is 6.09. The Labute approximate surface area is 114 Å². The summed E-state index contributed by atoms with van der Waals surface area (Å²) in [5, 5.41) is 21.6. The normalized spacial score (nSPS) is 21.3. The Balaban J connectivity index is 2.06. The Morgan fingerprint density at radius 1 is 1.11 bits per heavy atom. The van der Waals surface area contributed by atoms with Gasteiger partial charge in [-0.15, -0.1) is 0 Å². The van der Waals surface area contributed by atoms with Gasteiger partial charge < -0.3 is 10.2 Å². The minimum atomic E-state index is -0.935. The number of hydrogen-bond donors (Lipinski definition) is 2. The van der Waals surface area contributed by atoms with Crippen LogP contribution in [0.4, 0.5) is 0 Å². The summed E-state index contributed by atoms with van der Waals surface area (Å²) in [6.45, 7) is 0. The highest BCUT2D eigenvalue weighted by molar-refractivity contribution is 6.31. The van der Waals surface area contributed by atoms with Gasteiger partial charge in [0.1, 0.15) is 0 Å². The van der Waals surface area contributed by atoms with Gasteiger partial charge >= 0.3 is 0 Å². The van der Waals surface area contributed by atoms with Gasteiger partial charge in [-0.2, -0.15) is 0 Å². The van der Waals surface area contributed by atoms with E-state index in [-0.39, 0.29) is 0 Å². The second kappa shape index (κ2) is 6.05. The van der Waals surface area contributed by atoms with Gasteiger partial charge in [0, 0.05) is 11.4 Å². The molecule has 18 heavy (non-hydrogen) atoms. The van der Waals surface area contributed by atoms with E-state index in [2.05, 4.69) is 0 Å². The molecule has 1 aromatic rings. The molecule has 0 aliphatic heterocycles. The number of rotatable bonds is 3. The van der Waals surface area contributed by atoms with Crippen molar-refractivity contribution in [1.82, 2.24) is 0 Å². The van der Waals surface area contributed by atoms with Gasteiger partial charge in [0.2, 0.25) is 0 Å². The number of halogens is 1. The molecular formula is C15H21ClO2. The van der Waals surface area contributed by atoms with Crippen molar-refractivity contribution in [3.05, 3.63) is 34.9 Å². The summed E-state index contributed by atoms with van der Waals surface area (Å²) in [7, 11) is 0. The molecule has 0 spiro atoms. The average molecular weight is 269 g/mol. The van der Waals surface area contributed by atoms with E-state index in [1.165, 1.54) is 0 Å². The largest absolute Gasteiger partial charge is 0.390 e. The smallest absolute Gasteiger partial charge is 0.0908 e. The third kappa shape index (κ3) is 3.25. The predicted molar refractivity (Wildman–Crippen MR) is 73.8 cm³/mol. The molecule has 1 unspecified atom stereocenters. The molecular weight excluding hydrogens is 248 g/mol. The van der Waals surface area contributed by atoms with Crippen LogP contribution in [0, 0.1) is 0 Å². The Hall–Kier alpha value is -0.570. The lowest BCUT2D eigenvalue weighted by Gasteiger charge is -2.32. The average Bonchev–Trinajstić information content (AvgIpc) is 2.58. The first-order valence-electron chi connectivity index (χ1n) is 6.76. The highest BCUT2D eigenvalue weighted by Gasteiger charge is 2.35. The van der Waals surface area contributed by atoms with E-state index in [4.69, 9.17) is 11.6 Å². The van der Waals surface area contributed by atoms with Crippen molar-refractivity contribution in [2.24, 2.45) is 0 Å². The number of benzene rings is 1. The van der Waals surface area contributed by atoms with Crippen LogP contribution in [0.5, 0.6) is 0 Å². The Morgan fingerprint density at radius 2 is 1.72 bits per heavy atom. The molecule has 1 saturated carbocycles. The molecule has 0 amide bonds. The van der Waals surface area contributed by atoms with Crippen molar-refractivity contribution in [3.63, 3.8) is 0 Å².